The number of carbonyl (C=O) groups excluding carboxylic acids is 1. The van der Waals surface area contributed by atoms with Gasteiger partial charge in [0.25, 0.3) is 0 Å². The van der Waals surface area contributed by atoms with Crippen molar-refractivity contribution in [2.45, 2.75) is 57.2 Å². The van der Waals surface area contributed by atoms with E-state index < -0.39 is 0 Å². The van der Waals surface area contributed by atoms with E-state index in [9.17, 15) is 4.79 Å². The van der Waals surface area contributed by atoms with Crippen LogP contribution in [0.1, 0.15) is 52.4 Å². The zero-order valence-electron chi connectivity index (χ0n) is 9.81. The van der Waals surface area contributed by atoms with Crippen LogP contribution in [0.5, 0.6) is 0 Å². The highest BCUT2D eigenvalue weighted by Crippen LogP contribution is 2.40. The second-order valence-electron chi connectivity index (χ2n) is 4.67. The molecule has 1 unspecified atom stereocenters. The van der Waals surface area contributed by atoms with Crippen LogP contribution in [0.3, 0.4) is 0 Å². The highest BCUT2D eigenvalue weighted by Gasteiger charge is 2.38. The Morgan fingerprint density at radius 2 is 2.07 bits per heavy atom. The maximum Gasteiger partial charge on any atom is 0.226 e. The second-order valence-corrected chi connectivity index (χ2v) is 6.23. The van der Waals surface area contributed by atoms with Gasteiger partial charge >= 0.3 is 0 Å². The monoisotopic (exact) mass is 275 g/mol. The average molecular weight is 276 g/mol. The predicted octanol–water partition coefficient (Wildman–Crippen LogP) is 3.25. The second kappa shape index (κ2) is 5.88. The Bertz CT molecular complexity index is 210. The highest BCUT2D eigenvalue weighted by atomic mass is 79.9. The summed E-state index contributed by atoms with van der Waals surface area (Å²) in [6, 6.07) is 0. The maximum atomic E-state index is 12.1. The van der Waals surface area contributed by atoms with Crippen LogP contribution in [-0.2, 0) is 4.79 Å². The summed E-state index contributed by atoms with van der Waals surface area (Å²) >= 11 is 3.49. The van der Waals surface area contributed by atoms with Crippen molar-refractivity contribution in [3.63, 3.8) is 0 Å². The van der Waals surface area contributed by atoms with Gasteiger partial charge in [0.05, 0.1) is 0 Å². The molecule has 0 aliphatic heterocycles. The third kappa shape index (κ3) is 3.47. The Morgan fingerprint density at radius 3 is 2.53 bits per heavy atom. The number of alkyl halides is 1. The zero-order chi connectivity index (χ0) is 11.3. The third-order valence-corrected chi connectivity index (χ3v) is 4.00. The number of hydrogen-bond acceptors (Lipinski definition) is 1. The van der Waals surface area contributed by atoms with Gasteiger partial charge in [0.1, 0.15) is 0 Å². The third-order valence-electron chi connectivity index (χ3n) is 3.55. The molecule has 0 saturated heterocycles. The summed E-state index contributed by atoms with van der Waals surface area (Å²) in [6.07, 6.45) is 6.60. The van der Waals surface area contributed by atoms with Gasteiger partial charge in [-0.25, -0.2) is 0 Å². The number of amides is 1. The van der Waals surface area contributed by atoms with E-state index in [1.807, 2.05) is 0 Å². The standard InChI is InChI=1S/C12H22BrNO/c1-3-12(7-4-5-8-12)11(15)14-9-6-10(2)13/h10H,3-9H2,1-2H3,(H,14,15). The van der Waals surface area contributed by atoms with Crippen molar-refractivity contribution in [3.8, 4) is 0 Å². The number of carbonyl (C=O) groups is 1. The number of halogens is 1. The zero-order valence-corrected chi connectivity index (χ0v) is 11.4. The molecule has 1 rings (SSSR count). The van der Waals surface area contributed by atoms with Crippen LogP contribution in [0.4, 0.5) is 0 Å². The maximum absolute atomic E-state index is 12.1. The van der Waals surface area contributed by atoms with Gasteiger partial charge in [-0.3, -0.25) is 4.79 Å². The number of rotatable bonds is 5. The van der Waals surface area contributed by atoms with E-state index in [2.05, 4.69) is 35.1 Å². The van der Waals surface area contributed by atoms with E-state index in [1.165, 1.54) is 12.8 Å². The van der Waals surface area contributed by atoms with E-state index >= 15 is 0 Å². The lowest BCUT2D eigenvalue weighted by Gasteiger charge is -2.26. The molecule has 1 saturated carbocycles. The lowest BCUT2D eigenvalue weighted by molar-refractivity contribution is -0.131. The molecule has 0 heterocycles. The molecule has 1 aliphatic rings. The number of hydrogen-bond donors (Lipinski definition) is 1. The van der Waals surface area contributed by atoms with Crippen molar-refractivity contribution in [1.82, 2.24) is 5.32 Å². The normalized spacial score (nSPS) is 21.3. The lowest BCUT2D eigenvalue weighted by Crippen LogP contribution is -2.39. The fraction of sp³-hybridized carbons (Fsp3) is 0.917. The summed E-state index contributed by atoms with van der Waals surface area (Å²) in [5.74, 6) is 0.288. The molecular formula is C12H22BrNO. The van der Waals surface area contributed by atoms with Gasteiger partial charge in [-0.15, -0.1) is 0 Å². The van der Waals surface area contributed by atoms with Gasteiger partial charge in [-0.1, -0.05) is 42.6 Å². The van der Waals surface area contributed by atoms with E-state index in [0.29, 0.717) is 4.83 Å². The van der Waals surface area contributed by atoms with E-state index in [4.69, 9.17) is 0 Å². The smallest absolute Gasteiger partial charge is 0.226 e. The van der Waals surface area contributed by atoms with Crippen LogP contribution >= 0.6 is 15.9 Å². The van der Waals surface area contributed by atoms with Gasteiger partial charge in [-0.2, -0.15) is 0 Å². The summed E-state index contributed by atoms with van der Waals surface area (Å²) in [7, 11) is 0. The van der Waals surface area contributed by atoms with Crippen molar-refractivity contribution in [2.75, 3.05) is 6.54 Å². The molecule has 0 radical (unpaired) electrons. The van der Waals surface area contributed by atoms with Crippen LogP contribution in [0, 0.1) is 5.41 Å². The summed E-state index contributed by atoms with van der Waals surface area (Å²) in [4.78, 5) is 12.5. The van der Waals surface area contributed by atoms with Crippen molar-refractivity contribution in [2.24, 2.45) is 5.41 Å². The fourth-order valence-corrected chi connectivity index (χ4v) is 2.59. The molecule has 1 atom stereocenters. The van der Waals surface area contributed by atoms with Crippen molar-refractivity contribution in [3.05, 3.63) is 0 Å². The minimum atomic E-state index is -0.0322. The van der Waals surface area contributed by atoms with Crippen LogP contribution < -0.4 is 5.32 Å². The molecule has 1 amide bonds. The summed E-state index contributed by atoms with van der Waals surface area (Å²) in [5, 5.41) is 3.08. The average Bonchev–Trinajstić information content (AvgIpc) is 2.66. The van der Waals surface area contributed by atoms with Crippen LogP contribution in [0.25, 0.3) is 0 Å². The van der Waals surface area contributed by atoms with E-state index in [0.717, 1.165) is 32.2 Å². The Kier molecular flexibility index (Phi) is 5.10. The summed E-state index contributed by atoms with van der Waals surface area (Å²) < 4.78 is 0. The molecule has 88 valence electrons. The lowest BCUT2D eigenvalue weighted by atomic mass is 9.82. The molecule has 3 heteroatoms. The van der Waals surface area contributed by atoms with Gasteiger partial charge in [0, 0.05) is 16.8 Å². The van der Waals surface area contributed by atoms with Crippen molar-refractivity contribution < 1.29 is 4.79 Å². The molecule has 1 fully saturated rings. The SMILES string of the molecule is CCC1(C(=O)NCCC(C)Br)CCCC1. The van der Waals surface area contributed by atoms with Gasteiger partial charge < -0.3 is 5.32 Å². The molecule has 1 aliphatic carbocycles. The first-order valence-electron chi connectivity index (χ1n) is 6.03. The van der Waals surface area contributed by atoms with Crippen LogP contribution in [0.2, 0.25) is 0 Å². The number of nitrogens with one attached hydrogen (secondary N) is 1. The molecule has 15 heavy (non-hydrogen) atoms. The summed E-state index contributed by atoms with van der Waals surface area (Å²) in [6.45, 7) is 5.04. The first kappa shape index (κ1) is 13.0. The molecule has 0 bridgehead atoms. The Morgan fingerprint density at radius 1 is 1.47 bits per heavy atom. The predicted molar refractivity (Wildman–Crippen MR) is 67.2 cm³/mol. The molecule has 0 aromatic heterocycles. The van der Waals surface area contributed by atoms with Gasteiger partial charge in [0.2, 0.25) is 5.91 Å². The van der Waals surface area contributed by atoms with Crippen molar-refractivity contribution in [1.29, 1.82) is 0 Å². The quantitative estimate of drug-likeness (QED) is 0.767. The molecule has 0 aromatic carbocycles. The largest absolute Gasteiger partial charge is 0.356 e. The Hall–Kier alpha value is -0.0500. The molecule has 2 nitrogen and oxygen atoms in total. The minimum Gasteiger partial charge on any atom is -0.356 e. The molecule has 1 N–H and O–H groups in total. The molecular weight excluding hydrogens is 254 g/mol. The highest BCUT2D eigenvalue weighted by molar-refractivity contribution is 9.09. The van der Waals surface area contributed by atoms with Gasteiger partial charge in [0.15, 0.2) is 0 Å². The van der Waals surface area contributed by atoms with Gasteiger partial charge in [-0.05, 0) is 25.7 Å². The van der Waals surface area contributed by atoms with E-state index in [1.54, 1.807) is 0 Å². The minimum absolute atomic E-state index is 0.0322. The first-order chi connectivity index (χ1) is 7.10. The molecule has 0 aromatic rings. The van der Waals surface area contributed by atoms with Crippen LogP contribution in [0.15, 0.2) is 0 Å². The molecule has 0 spiro atoms. The Labute approximate surface area is 101 Å². The van der Waals surface area contributed by atoms with Crippen molar-refractivity contribution >= 4 is 21.8 Å². The Balaban J connectivity index is 2.37. The fourth-order valence-electron chi connectivity index (χ4n) is 2.37. The first-order valence-corrected chi connectivity index (χ1v) is 6.94. The van der Waals surface area contributed by atoms with Crippen LogP contribution in [-0.4, -0.2) is 17.3 Å². The summed E-state index contributed by atoms with van der Waals surface area (Å²) in [5.41, 5.74) is -0.0322. The topological polar surface area (TPSA) is 29.1 Å². The van der Waals surface area contributed by atoms with E-state index in [-0.39, 0.29) is 11.3 Å².